The summed E-state index contributed by atoms with van der Waals surface area (Å²) in [6.07, 6.45) is -0.455. The molecule has 0 aliphatic carbocycles. The number of sulfonamides is 1. The third-order valence-electron chi connectivity index (χ3n) is 8.56. The molecule has 0 atom stereocenters. The van der Waals surface area contributed by atoms with Gasteiger partial charge in [-0.25, -0.2) is 31.2 Å². The van der Waals surface area contributed by atoms with Crippen molar-refractivity contribution in [2.24, 2.45) is 0 Å². The topological polar surface area (TPSA) is 178 Å². The number of hydrogen-bond donors (Lipinski definition) is 2. The van der Waals surface area contributed by atoms with Gasteiger partial charge in [-0.1, -0.05) is 41.4 Å². The monoisotopic (exact) mass is 859 g/mol. The third kappa shape index (κ3) is 10.0. The summed E-state index contributed by atoms with van der Waals surface area (Å²) < 4.78 is 140. The van der Waals surface area contributed by atoms with Crippen LogP contribution >= 0.6 is 12.0 Å². The van der Waals surface area contributed by atoms with Crippen LogP contribution in [-0.2, 0) is 47.3 Å². The molecular formula is C36H32F5N2O11S3+. The van der Waals surface area contributed by atoms with Gasteiger partial charge in [-0.3, -0.25) is 14.1 Å². The van der Waals surface area contributed by atoms with Gasteiger partial charge in [-0.15, -0.1) is 4.33 Å². The fourth-order valence-electron chi connectivity index (χ4n) is 6.00. The molecule has 57 heavy (non-hydrogen) atoms. The Bertz CT molecular complexity index is 2440. The summed E-state index contributed by atoms with van der Waals surface area (Å²) in [4.78, 5) is 26.4. The lowest BCUT2D eigenvalue weighted by atomic mass is 10.0. The molecule has 1 aromatic heterocycles. The number of aromatic nitrogens is 1. The minimum Gasteiger partial charge on any atom is -0.420 e. The lowest BCUT2D eigenvalue weighted by Crippen LogP contribution is -2.40. The zero-order valence-electron chi connectivity index (χ0n) is 29.4. The van der Waals surface area contributed by atoms with Crippen molar-refractivity contribution in [3.05, 3.63) is 113 Å². The first-order valence-corrected chi connectivity index (χ1v) is 20.8. The fraction of sp³-hybridized carbons (Fsp3) is 0.250. The first kappa shape index (κ1) is 43.4. The average Bonchev–Trinajstić information content (AvgIpc) is 3.18. The first-order valence-electron chi connectivity index (χ1n) is 16.8. The maximum Gasteiger partial charge on any atom is 0.311 e. The summed E-state index contributed by atoms with van der Waals surface area (Å²) in [7, 11) is -9.27. The highest BCUT2D eigenvalue weighted by Gasteiger charge is 2.35. The van der Waals surface area contributed by atoms with Crippen molar-refractivity contribution < 1.29 is 76.9 Å². The lowest BCUT2D eigenvalue weighted by Gasteiger charge is -2.24. The molecule has 13 nitrogen and oxygen atoms in total. The van der Waals surface area contributed by atoms with Crippen LogP contribution in [0.25, 0.3) is 21.8 Å². The third-order valence-corrected chi connectivity index (χ3v) is 11.8. The van der Waals surface area contributed by atoms with E-state index in [-0.39, 0.29) is 23.3 Å². The molecule has 0 saturated carbocycles. The van der Waals surface area contributed by atoms with Gasteiger partial charge in [0.2, 0.25) is 45.9 Å². The van der Waals surface area contributed by atoms with Crippen LogP contribution in [0, 0.1) is 29.1 Å². The summed E-state index contributed by atoms with van der Waals surface area (Å²) in [5, 5.41) is 12.8. The lowest BCUT2D eigenvalue weighted by molar-refractivity contribution is -0.645. The number of carbonyl (C=O) groups excluding carboxylic acids is 2. The standard InChI is InChI=1S/C36H31F5N2O11S3/c37-30-31(38)33(40)35(34(41)32(30)39)52-28(44)13-5-8-22-14-16-23(17-15-22)57(50,51)43(19-7-21-56(47,48)49)36(45)29-24-9-1-3-11-26(24)42(18-6-20-55-54-53-46)27-12-4-2-10-25(27)29/h1-4,9-12,14-17H,5-8,13,18-21H2,(H-,46,47,48,49)/p+1. The Morgan fingerprint density at radius 3 is 1.88 bits per heavy atom. The van der Waals surface area contributed by atoms with Gasteiger partial charge in [0.05, 0.1) is 27.0 Å². The Kier molecular flexibility index (Phi) is 14.2. The minimum absolute atomic E-state index is 0.00801. The predicted molar refractivity (Wildman–Crippen MR) is 194 cm³/mol. The van der Waals surface area contributed by atoms with Crippen LogP contribution in [0.3, 0.4) is 0 Å². The first-order chi connectivity index (χ1) is 27.1. The molecule has 4 aromatic carbocycles. The molecule has 21 heteroatoms. The SMILES string of the molecule is O=C(CCCc1ccc(S(=O)(=O)N(CCCS(=O)(=O)O)C(=O)c2c3ccccc3[n+](CCCSOOO)c3ccccc23)cc1)Oc1c(F)c(F)c(F)c(F)c1F. The second kappa shape index (κ2) is 18.7. The Morgan fingerprint density at radius 1 is 0.754 bits per heavy atom. The van der Waals surface area contributed by atoms with Crippen molar-refractivity contribution in [2.75, 3.05) is 18.1 Å². The Balaban J connectivity index is 1.41. The van der Waals surface area contributed by atoms with E-state index in [0.29, 0.717) is 50.4 Å². The second-order valence-corrected chi connectivity index (χ2v) is 16.5. The van der Waals surface area contributed by atoms with E-state index < -0.39 is 92.0 Å². The minimum atomic E-state index is -4.72. The van der Waals surface area contributed by atoms with Crippen molar-refractivity contribution in [2.45, 2.75) is 43.5 Å². The van der Waals surface area contributed by atoms with E-state index in [4.69, 9.17) is 5.26 Å². The molecule has 0 bridgehead atoms. The highest BCUT2D eigenvalue weighted by molar-refractivity contribution is 7.94. The smallest absolute Gasteiger partial charge is 0.311 e. The molecule has 0 radical (unpaired) electrons. The normalized spacial score (nSPS) is 12.0. The van der Waals surface area contributed by atoms with Crippen molar-refractivity contribution in [3.63, 3.8) is 0 Å². The maximum atomic E-state index is 14.6. The fourth-order valence-corrected chi connectivity index (χ4v) is 8.27. The number of ether oxygens (including phenoxy) is 1. The van der Waals surface area contributed by atoms with Crippen LogP contribution in [0.5, 0.6) is 5.75 Å². The quantitative estimate of drug-likeness (QED) is 0.00799. The molecule has 304 valence electrons. The number of esters is 1. The van der Waals surface area contributed by atoms with Gasteiger partial charge in [0.25, 0.3) is 26.0 Å². The average molecular weight is 860 g/mol. The van der Waals surface area contributed by atoms with Gasteiger partial charge in [0.15, 0.2) is 6.54 Å². The summed E-state index contributed by atoms with van der Waals surface area (Å²) in [5.74, 6) is -16.1. The van der Waals surface area contributed by atoms with Gasteiger partial charge >= 0.3 is 5.97 Å². The number of nitrogens with zero attached hydrogens (tertiary/aromatic N) is 2. The molecule has 5 aromatic rings. The maximum absolute atomic E-state index is 14.6. The number of halogens is 5. The number of rotatable bonds is 18. The largest absolute Gasteiger partial charge is 0.420 e. The number of para-hydroxylation sites is 2. The van der Waals surface area contributed by atoms with E-state index in [9.17, 15) is 52.9 Å². The predicted octanol–water partition coefficient (Wildman–Crippen LogP) is 6.47. The molecule has 0 spiro atoms. The van der Waals surface area contributed by atoms with Crippen LogP contribution < -0.4 is 9.30 Å². The second-order valence-electron chi connectivity index (χ2n) is 12.3. The van der Waals surface area contributed by atoms with Crippen molar-refractivity contribution in [1.29, 1.82) is 0 Å². The zero-order valence-corrected chi connectivity index (χ0v) is 31.8. The van der Waals surface area contributed by atoms with E-state index in [1.165, 1.54) is 24.3 Å². The van der Waals surface area contributed by atoms with Crippen LogP contribution in [0.2, 0.25) is 0 Å². The number of fused-ring (bicyclic) bond motifs is 2. The summed E-state index contributed by atoms with van der Waals surface area (Å²) in [5.41, 5.74) is 1.59. The van der Waals surface area contributed by atoms with E-state index in [1.807, 2.05) is 4.57 Å². The van der Waals surface area contributed by atoms with Crippen molar-refractivity contribution in [3.8, 4) is 5.75 Å². The number of pyridine rings is 1. The molecule has 0 fully saturated rings. The summed E-state index contributed by atoms with van der Waals surface area (Å²) in [6.45, 7) is -0.234. The molecular weight excluding hydrogens is 828 g/mol. The van der Waals surface area contributed by atoms with Crippen LogP contribution in [0.15, 0.2) is 77.7 Å². The molecule has 0 aliphatic heterocycles. The van der Waals surface area contributed by atoms with Crippen molar-refractivity contribution >= 4 is 65.9 Å². The van der Waals surface area contributed by atoms with Crippen LogP contribution in [0.1, 0.15) is 41.6 Å². The Morgan fingerprint density at radius 2 is 1.32 bits per heavy atom. The number of amides is 1. The highest BCUT2D eigenvalue weighted by Crippen LogP contribution is 2.31. The Labute approximate surface area is 326 Å². The van der Waals surface area contributed by atoms with Gasteiger partial charge in [-0.2, -0.15) is 21.8 Å². The molecule has 1 heterocycles. The number of carbonyl (C=O) groups is 2. The summed E-state index contributed by atoms with van der Waals surface area (Å²) >= 11 is 0.867. The van der Waals surface area contributed by atoms with Crippen LogP contribution in [0.4, 0.5) is 22.0 Å². The van der Waals surface area contributed by atoms with E-state index >= 15 is 0 Å². The molecule has 2 N–H and O–H groups in total. The van der Waals surface area contributed by atoms with E-state index in [0.717, 1.165) is 12.0 Å². The summed E-state index contributed by atoms with van der Waals surface area (Å²) in [6, 6.07) is 18.6. The Hall–Kier alpha value is -4.77. The number of aryl methyl sites for hydroxylation is 2. The molecule has 0 unspecified atom stereocenters. The number of hydrogen-bond acceptors (Lipinski definition) is 11. The number of benzene rings is 4. The molecule has 0 aliphatic rings. The van der Waals surface area contributed by atoms with Gasteiger partial charge in [0.1, 0.15) is 0 Å². The van der Waals surface area contributed by atoms with Gasteiger partial charge in [-0.05, 0) is 49.1 Å². The molecule has 1 amide bonds. The molecule has 5 rings (SSSR count). The van der Waals surface area contributed by atoms with E-state index in [1.54, 1.807) is 48.5 Å². The van der Waals surface area contributed by atoms with Gasteiger partial charge in [0, 0.05) is 49.3 Å². The van der Waals surface area contributed by atoms with E-state index in [2.05, 4.69) is 14.1 Å². The van der Waals surface area contributed by atoms with Gasteiger partial charge < -0.3 is 4.74 Å². The van der Waals surface area contributed by atoms with Crippen molar-refractivity contribution in [1.82, 2.24) is 4.31 Å². The molecule has 0 saturated heterocycles. The zero-order chi connectivity index (χ0) is 41.5. The van der Waals surface area contributed by atoms with Crippen LogP contribution in [-0.4, -0.2) is 60.9 Å². The highest BCUT2D eigenvalue weighted by atomic mass is 32.2.